The number of aromatic nitrogens is 2. The first kappa shape index (κ1) is 18.3. The van der Waals surface area contributed by atoms with E-state index in [-0.39, 0.29) is 11.3 Å². The van der Waals surface area contributed by atoms with Crippen LogP contribution in [0.25, 0.3) is 0 Å². The fraction of sp³-hybridized carbons (Fsp3) is 0.304. The summed E-state index contributed by atoms with van der Waals surface area (Å²) in [6.07, 6.45) is 2.74. The van der Waals surface area contributed by atoms with Crippen LogP contribution in [0.5, 0.6) is 5.75 Å². The molecule has 2 N–H and O–H groups in total. The number of carbonyl (C=O) groups excluding carboxylic acids is 1. The Labute approximate surface area is 165 Å². The molecule has 1 heterocycles. The summed E-state index contributed by atoms with van der Waals surface area (Å²) in [6, 6.07) is 17.8. The largest absolute Gasteiger partial charge is 0.496 e. The lowest BCUT2D eigenvalue weighted by Gasteiger charge is -2.38. The van der Waals surface area contributed by atoms with E-state index in [0.717, 1.165) is 25.0 Å². The number of aromatic amines is 1. The fourth-order valence-corrected chi connectivity index (χ4v) is 4.21. The molecule has 0 aliphatic heterocycles. The van der Waals surface area contributed by atoms with Crippen molar-refractivity contribution in [1.29, 1.82) is 0 Å². The molecular weight excluding hydrogens is 350 g/mol. The number of hydrogen-bond acceptors (Lipinski definition) is 3. The van der Waals surface area contributed by atoms with Crippen LogP contribution in [0.2, 0.25) is 0 Å². The minimum absolute atomic E-state index is 0.109. The Hall–Kier alpha value is -3.08. The molecular formula is C23H25N3O2. The summed E-state index contributed by atoms with van der Waals surface area (Å²) in [4.78, 5) is 12.9. The molecule has 2 aromatic carbocycles. The first-order valence-corrected chi connectivity index (χ1v) is 9.62. The van der Waals surface area contributed by atoms with Crippen LogP contribution < -0.4 is 10.1 Å². The second-order valence-corrected chi connectivity index (χ2v) is 7.47. The minimum atomic E-state index is -0.152. The van der Waals surface area contributed by atoms with Gasteiger partial charge in [0, 0.05) is 17.7 Å². The van der Waals surface area contributed by atoms with Gasteiger partial charge in [-0.25, -0.2) is 0 Å². The Morgan fingerprint density at radius 2 is 1.93 bits per heavy atom. The number of para-hydroxylation sites is 1. The van der Waals surface area contributed by atoms with Crippen LogP contribution in [-0.4, -0.2) is 29.8 Å². The molecule has 0 saturated heterocycles. The normalized spacial score (nSPS) is 18.4. The van der Waals surface area contributed by atoms with Crippen molar-refractivity contribution in [2.75, 3.05) is 13.7 Å². The molecule has 1 aromatic heterocycles. The van der Waals surface area contributed by atoms with E-state index in [1.165, 1.54) is 16.8 Å². The highest BCUT2D eigenvalue weighted by atomic mass is 16.5. The number of aryl methyl sites for hydroxylation is 2. The zero-order valence-corrected chi connectivity index (χ0v) is 16.3. The SMILES string of the molecule is COc1ccccc1C(=O)NCC1(c2ccccc2)CCc2[nH]nc(C)c2C1. The summed E-state index contributed by atoms with van der Waals surface area (Å²) in [5.74, 6) is 0.479. The molecule has 5 heteroatoms. The molecule has 28 heavy (non-hydrogen) atoms. The molecule has 3 aromatic rings. The lowest BCUT2D eigenvalue weighted by atomic mass is 9.68. The van der Waals surface area contributed by atoms with Crippen molar-refractivity contribution in [3.63, 3.8) is 0 Å². The maximum Gasteiger partial charge on any atom is 0.255 e. The van der Waals surface area contributed by atoms with Gasteiger partial charge in [-0.1, -0.05) is 42.5 Å². The number of ether oxygens (including phenoxy) is 1. The van der Waals surface area contributed by atoms with Gasteiger partial charge in [-0.3, -0.25) is 9.89 Å². The van der Waals surface area contributed by atoms with E-state index in [0.29, 0.717) is 17.9 Å². The van der Waals surface area contributed by atoms with Gasteiger partial charge in [0.05, 0.1) is 18.4 Å². The highest BCUT2D eigenvalue weighted by molar-refractivity contribution is 5.97. The first-order valence-electron chi connectivity index (χ1n) is 9.62. The number of hydrogen-bond donors (Lipinski definition) is 2. The standard InChI is InChI=1S/C23H25N3O2/c1-16-19-14-23(13-12-20(19)26-25-16,17-8-4-3-5-9-17)15-24-22(27)18-10-6-7-11-21(18)28-2/h3-11H,12-15H2,1-2H3,(H,24,27)(H,25,26). The number of amides is 1. The van der Waals surface area contributed by atoms with E-state index in [9.17, 15) is 4.79 Å². The second-order valence-electron chi connectivity index (χ2n) is 7.47. The van der Waals surface area contributed by atoms with E-state index in [1.807, 2.05) is 31.2 Å². The molecule has 0 bridgehead atoms. The number of benzene rings is 2. The van der Waals surface area contributed by atoms with E-state index >= 15 is 0 Å². The monoisotopic (exact) mass is 375 g/mol. The molecule has 5 nitrogen and oxygen atoms in total. The van der Waals surface area contributed by atoms with Crippen molar-refractivity contribution in [3.05, 3.63) is 82.7 Å². The van der Waals surface area contributed by atoms with Crippen LogP contribution in [0, 0.1) is 6.92 Å². The van der Waals surface area contributed by atoms with E-state index in [2.05, 4.69) is 39.8 Å². The molecule has 0 fully saturated rings. The summed E-state index contributed by atoms with van der Waals surface area (Å²) in [7, 11) is 1.59. The number of nitrogens with one attached hydrogen (secondary N) is 2. The van der Waals surface area contributed by atoms with Crippen molar-refractivity contribution >= 4 is 5.91 Å². The van der Waals surface area contributed by atoms with E-state index in [4.69, 9.17) is 4.74 Å². The molecule has 0 saturated carbocycles. The van der Waals surface area contributed by atoms with Crippen LogP contribution >= 0.6 is 0 Å². The smallest absolute Gasteiger partial charge is 0.255 e. The van der Waals surface area contributed by atoms with Crippen LogP contribution in [-0.2, 0) is 18.3 Å². The Morgan fingerprint density at radius 1 is 1.18 bits per heavy atom. The lowest BCUT2D eigenvalue weighted by Crippen LogP contribution is -2.44. The Balaban J connectivity index is 1.63. The average Bonchev–Trinajstić information content (AvgIpc) is 3.12. The van der Waals surface area contributed by atoms with Gasteiger partial charge in [-0.05, 0) is 49.4 Å². The summed E-state index contributed by atoms with van der Waals surface area (Å²) in [6.45, 7) is 2.61. The second kappa shape index (κ2) is 7.50. The van der Waals surface area contributed by atoms with Crippen LogP contribution in [0.3, 0.4) is 0 Å². The van der Waals surface area contributed by atoms with E-state index in [1.54, 1.807) is 13.2 Å². The first-order chi connectivity index (χ1) is 13.6. The van der Waals surface area contributed by atoms with Gasteiger partial charge >= 0.3 is 0 Å². The third-order valence-corrected chi connectivity index (χ3v) is 5.85. The summed E-state index contributed by atoms with van der Waals surface area (Å²) in [5, 5.41) is 10.7. The van der Waals surface area contributed by atoms with Crippen LogP contribution in [0.1, 0.15) is 39.3 Å². The topological polar surface area (TPSA) is 67.0 Å². The van der Waals surface area contributed by atoms with Crippen LogP contribution in [0.15, 0.2) is 54.6 Å². The molecule has 1 unspecified atom stereocenters. The Morgan fingerprint density at radius 3 is 2.71 bits per heavy atom. The number of methoxy groups -OCH3 is 1. The van der Waals surface area contributed by atoms with Gasteiger partial charge in [-0.15, -0.1) is 0 Å². The molecule has 0 radical (unpaired) electrons. The maximum absolute atomic E-state index is 12.9. The Kier molecular flexibility index (Phi) is 4.90. The fourth-order valence-electron chi connectivity index (χ4n) is 4.21. The van der Waals surface area contributed by atoms with Gasteiger partial charge in [0.2, 0.25) is 0 Å². The number of carbonyl (C=O) groups is 1. The minimum Gasteiger partial charge on any atom is -0.496 e. The van der Waals surface area contributed by atoms with Gasteiger partial charge < -0.3 is 10.1 Å². The summed E-state index contributed by atoms with van der Waals surface area (Å²) < 4.78 is 5.35. The van der Waals surface area contributed by atoms with Gasteiger partial charge in [0.25, 0.3) is 5.91 Å². The summed E-state index contributed by atoms with van der Waals surface area (Å²) in [5.41, 5.74) is 5.21. The summed E-state index contributed by atoms with van der Waals surface area (Å²) >= 11 is 0. The van der Waals surface area contributed by atoms with Gasteiger partial charge in [-0.2, -0.15) is 5.10 Å². The molecule has 1 amide bonds. The van der Waals surface area contributed by atoms with Crippen molar-refractivity contribution in [1.82, 2.24) is 15.5 Å². The predicted molar refractivity (Wildman–Crippen MR) is 109 cm³/mol. The van der Waals surface area contributed by atoms with Crippen molar-refractivity contribution < 1.29 is 9.53 Å². The zero-order valence-electron chi connectivity index (χ0n) is 16.3. The highest BCUT2D eigenvalue weighted by Gasteiger charge is 2.38. The molecule has 144 valence electrons. The number of nitrogens with zero attached hydrogens (tertiary/aromatic N) is 1. The quantitative estimate of drug-likeness (QED) is 0.716. The average molecular weight is 375 g/mol. The molecule has 1 aliphatic carbocycles. The molecule has 0 spiro atoms. The van der Waals surface area contributed by atoms with Gasteiger partial charge in [0.1, 0.15) is 5.75 Å². The third-order valence-electron chi connectivity index (χ3n) is 5.85. The van der Waals surface area contributed by atoms with Crippen molar-refractivity contribution in [3.8, 4) is 5.75 Å². The molecule has 4 rings (SSSR count). The number of fused-ring (bicyclic) bond motifs is 1. The van der Waals surface area contributed by atoms with Crippen molar-refractivity contribution in [2.45, 2.75) is 31.6 Å². The molecule has 1 aliphatic rings. The Bertz CT molecular complexity index is 981. The predicted octanol–water partition coefficient (Wildman–Crippen LogP) is 3.58. The van der Waals surface area contributed by atoms with Crippen LogP contribution in [0.4, 0.5) is 0 Å². The lowest BCUT2D eigenvalue weighted by molar-refractivity contribution is 0.0937. The molecule has 1 atom stereocenters. The number of rotatable bonds is 5. The maximum atomic E-state index is 12.9. The zero-order chi connectivity index (χ0) is 19.6. The highest BCUT2D eigenvalue weighted by Crippen LogP contribution is 2.38. The van der Waals surface area contributed by atoms with Crippen molar-refractivity contribution in [2.24, 2.45) is 0 Å². The van der Waals surface area contributed by atoms with E-state index < -0.39 is 0 Å². The number of H-pyrrole nitrogens is 1. The third kappa shape index (κ3) is 3.28. The van der Waals surface area contributed by atoms with Gasteiger partial charge in [0.15, 0.2) is 0 Å².